The number of nitrogens with one attached hydrogen (secondary N) is 1. The molecule has 0 radical (unpaired) electrons. The van der Waals surface area contributed by atoms with E-state index in [9.17, 15) is 0 Å². The lowest BCUT2D eigenvalue weighted by Gasteiger charge is -2.10. The molecular formula is C9H13BrN2O. The second-order valence-electron chi connectivity index (χ2n) is 2.71. The molecule has 0 aliphatic heterocycles. The third kappa shape index (κ3) is 2.90. The molecule has 0 aromatic heterocycles. The van der Waals surface area contributed by atoms with E-state index in [0.717, 1.165) is 23.1 Å². The van der Waals surface area contributed by atoms with E-state index in [1.54, 1.807) is 0 Å². The van der Waals surface area contributed by atoms with E-state index in [0.29, 0.717) is 5.69 Å². The quantitative estimate of drug-likeness (QED) is 0.560. The van der Waals surface area contributed by atoms with E-state index < -0.39 is 0 Å². The summed E-state index contributed by atoms with van der Waals surface area (Å²) >= 11 is 3.39. The molecule has 1 rings (SSSR count). The van der Waals surface area contributed by atoms with Crippen LogP contribution in [0.2, 0.25) is 0 Å². The van der Waals surface area contributed by atoms with Crippen molar-refractivity contribution in [2.24, 2.45) is 0 Å². The van der Waals surface area contributed by atoms with E-state index >= 15 is 0 Å². The van der Waals surface area contributed by atoms with Crippen LogP contribution in [-0.2, 0) is 0 Å². The molecule has 72 valence electrons. The second-order valence-corrected chi connectivity index (χ2v) is 3.56. The van der Waals surface area contributed by atoms with Gasteiger partial charge in [-0.1, -0.05) is 6.07 Å². The van der Waals surface area contributed by atoms with Crippen molar-refractivity contribution < 1.29 is 5.11 Å². The van der Waals surface area contributed by atoms with E-state index in [-0.39, 0.29) is 6.61 Å². The lowest BCUT2D eigenvalue weighted by Crippen LogP contribution is -2.06. The first-order valence-corrected chi connectivity index (χ1v) is 4.93. The minimum atomic E-state index is 0.192. The summed E-state index contributed by atoms with van der Waals surface area (Å²) in [6.07, 6.45) is 0.723. The first-order chi connectivity index (χ1) is 6.25. The summed E-state index contributed by atoms with van der Waals surface area (Å²) in [5.41, 5.74) is 7.36. The summed E-state index contributed by atoms with van der Waals surface area (Å²) in [6.45, 7) is 0.917. The number of benzene rings is 1. The number of aliphatic hydroxyl groups excluding tert-OH is 1. The van der Waals surface area contributed by atoms with Gasteiger partial charge in [-0.15, -0.1) is 0 Å². The lowest BCUT2D eigenvalue weighted by atomic mass is 10.2. The van der Waals surface area contributed by atoms with Gasteiger partial charge in [0.15, 0.2) is 0 Å². The molecule has 0 saturated carbocycles. The van der Waals surface area contributed by atoms with Gasteiger partial charge in [0, 0.05) is 17.6 Å². The highest BCUT2D eigenvalue weighted by Crippen LogP contribution is 2.27. The molecule has 0 unspecified atom stereocenters. The second kappa shape index (κ2) is 5.09. The Hall–Kier alpha value is -0.740. The van der Waals surface area contributed by atoms with Crippen LogP contribution in [0.15, 0.2) is 22.7 Å². The molecule has 4 heteroatoms. The van der Waals surface area contributed by atoms with Gasteiger partial charge in [0.2, 0.25) is 0 Å². The van der Waals surface area contributed by atoms with Gasteiger partial charge in [0.05, 0.1) is 11.4 Å². The normalized spacial score (nSPS) is 10.0. The third-order valence-electron chi connectivity index (χ3n) is 1.68. The average molecular weight is 245 g/mol. The van der Waals surface area contributed by atoms with Crippen molar-refractivity contribution in [1.82, 2.24) is 0 Å². The Balaban J connectivity index is 2.64. The molecule has 1 aromatic carbocycles. The van der Waals surface area contributed by atoms with Gasteiger partial charge in [-0.25, -0.2) is 0 Å². The van der Waals surface area contributed by atoms with Crippen molar-refractivity contribution in [1.29, 1.82) is 0 Å². The summed E-state index contributed by atoms with van der Waals surface area (Å²) in [5.74, 6) is 0. The van der Waals surface area contributed by atoms with Gasteiger partial charge in [-0.3, -0.25) is 0 Å². The molecule has 0 bridgehead atoms. The average Bonchev–Trinajstić information content (AvgIpc) is 2.10. The van der Waals surface area contributed by atoms with Crippen molar-refractivity contribution in [2.45, 2.75) is 6.42 Å². The van der Waals surface area contributed by atoms with Crippen LogP contribution >= 0.6 is 15.9 Å². The van der Waals surface area contributed by atoms with Gasteiger partial charge < -0.3 is 16.2 Å². The maximum Gasteiger partial charge on any atom is 0.0718 e. The van der Waals surface area contributed by atoms with Gasteiger partial charge in [0.1, 0.15) is 0 Å². The van der Waals surface area contributed by atoms with Crippen LogP contribution in [0.3, 0.4) is 0 Å². The van der Waals surface area contributed by atoms with Crippen LogP contribution in [0, 0.1) is 0 Å². The first-order valence-electron chi connectivity index (χ1n) is 4.14. The van der Waals surface area contributed by atoms with Gasteiger partial charge >= 0.3 is 0 Å². The zero-order valence-corrected chi connectivity index (χ0v) is 8.84. The Morgan fingerprint density at radius 1 is 1.46 bits per heavy atom. The smallest absolute Gasteiger partial charge is 0.0718 e. The molecule has 0 saturated heterocycles. The van der Waals surface area contributed by atoms with Crippen LogP contribution < -0.4 is 11.1 Å². The van der Waals surface area contributed by atoms with Crippen LogP contribution in [0.4, 0.5) is 11.4 Å². The number of halogens is 1. The number of rotatable bonds is 4. The van der Waals surface area contributed by atoms with Gasteiger partial charge in [-0.05, 0) is 34.5 Å². The number of nitrogens with two attached hydrogens (primary N) is 1. The zero-order valence-electron chi connectivity index (χ0n) is 7.26. The van der Waals surface area contributed by atoms with Crippen LogP contribution in [-0.4, -0.2) is 18.3 Å². The molecule has 0 aliphatic carbocycles. The Morgan fingerprint density at radius 3 is 2.85 bits per heavy atom. The standard InChI is InChI=1S/C9H13BrN2O/c10-7-3-1-4-8(11)9(7)12-5-2-6-13/h1,3-4,12-13H,2,5-6,11H2. The Labute approximate surface area is 86.1 Å². The fraction of sp³-hybridized carbons (Fsp3) is 0.333. The summed E-state index contributed by atoms with van der Waals surface area (Å²) in [6, 6.07) is 5.65. The Kier molecular flexibility index (Phi) is 4.05. The maximum atomic E-state index is 8.60. The maximum absolute atomic E-state index is 8.60. The number of nitrogen functional groups attached to an aromatic ring is 1. The summed E-state index contributed by atoms with van der Waals surface area (Å²) in [7, 11) is 0. The molecule has 4 N–H and O–H groups in total. The van der Waals surface area contributed by atoms with Gasteiger partial charge in [-0.2, -0.15) is 0 Å². The predicted octanol–water partition coefficient (Wildman–Crippen LogP) is 1.83. The number of para-hydroxylation sites is 1. The minimum absolute atomic E-state index is 0.192. The van der Waals surface area contributed by atoms with E-state index in [1.165, 1.54) is 0 Å². The monoisotopic (exact) mass is 244 g/mol. The van der Waals surface area contributed by atoms with Crippen LogP contribution in [0.25, 0.3) is 0 Å². The van der Waals surface area contributed by atoms with E-state index in [1.807, 2.05) is 18.2 Å². The highest BCUT2D eigenvalue weighted by atomic mass is 79.9. The Morgan fingerprint density at radius 2 is 2.23 bits per heavy atom. The van der Waals surface area contributed by atoms with E-state index in [2.05, 4.69) is 21.2 Å². The SMILES string of the molecule is Nc1cccc(Br)c1NCCCO. The minimum Gasteiger partial charge on any atom is -0.397 e. The fourth-order valence-corrected chi connectivity index (χ4v) is 1.54. The van der Waals surface area contributed by atoms with E-state index in [4.69, 9.17) is 10.8 Å². The Bertz CT molecular complexity index is 258. The summed E-state index contributed by atoms with van der Waals surface area (Å²) in [5, 5.41) is 11.8. The summed E-state index contributed by atoms with van der Waals surface area (Å²) in [4.78, 5) is 0. The zero-order chi connectivity index (χ0) is 9.68. The number of hydrogen-bond acceptors (Lipinski definition) is 3. The third-order valence-corrected chi connectivity index (χ3v) is 2.34. The molecular weight excluding hydrogens is 232 g/mol. The van der Waals surface area contributed by atoms with Crippen molar-refractivity contribution in [3.8, 4) is 0 Å². The topological polar surface area (TPSA) is 58.3 Å². The van der Waals surface area contributed by atoms with Crippen molar-refractivity contribution in [2.75, 3.05) is 24.2 Å². The molecule has 0 spiro atoms. The highest BCUT2D eigenvalue weighted by molar-refractivity contribution is 9.10. The molecule has 0 aliphatic rings. The molecule has 0 atom stereocenters. The largest absolute Gasteiger partial charge is 0.397 e. The lowest BCUT2D eigenvalue weighted by molar-refractivity contribution is 0.292. The fourth-order valence-electron chi connectivity index (χ4n) is 1.02. The van der Waals surface area contributed by atoms with Crippen molar-refractivity contribution in [3.63, 3.8) is 0 Å². The van der Waals surface area contributed by atoms with Crippen molar-refractivity contribution >= 4 is 27.3 Å². The molecule has 1 aromatic rings. The van der Waals surface area contributed by atoms with Crippen molar-refractivity contribution in [3.05, 3.63) is 22.7 Å². The predicted molar refractivity (Wildman–Crippen MR) is 58.7 cm³/mol. The molecule has 0 heterocycles. The van der Waals surface area contributed by atoms with Crippen LogP contribution in [0.5, 0.6) is 0 Å². The molecule has 13 heavy (non-hydrogen) atoms. The summed E-state index contributed by atoms with van der Waals surface area (Å²) < 4.78 is 0.949. The molecule has 0 fully saturated rings. The van der Waals surface area contributed by atoms with Crippen LogP contribution in [0.1, 0.15) is 6.42 Å². The number of aliphatic hydroxyl groups is 1. The number of anilines is 2. The van der Waals surface area contributed by atoms with Gasteiger partial charge in [0.25, 0.3) is 0 Å². The number of hydrogen-bond donors (Lipinski definition) is 3. The first kappa shape index (κ1) is 10.3. The molecule has 3 nitrogen and oxygen atoms in total. The highest BCUT2D eigenvalue weighted by Gasteiger charge is 2.01. The molecule has 0 amide bonds.